The van der Waals surface area contributed by atoms with Crippen molar-refractivity contribution in [2.24, 2.45) is 0 Å². The van der Waals surface area contributed by atoms with Crippen molar-refractivity contribution in [3.05, 3.63) is 59.7 Å². The van der Waals surface area contributed by atoms with Gasteiger partial charge in [-0.15, -0.1) is 0 Å². The Kier molecular flexibility index (Phi) is 19.5. The van der Waals surface area contributed by atoms with Crippen LogP contribution in [-0.2, 0) is 47.4 Å². The van der Waals surface area contributed by atoms with E-state index >= 15 is 0 Å². The van der Waals surface area contributed by atoms with Crippen molar-refractivity contribution in [3.63, 3.8) is 0 Å². The van der Waals surface area contributed by atoms with E-state index in [9.17, 15) is 4.79 Å². The fourth-order valence-electron chi connectivity index (χ4n) is 5.38. The average molecular weight is 676 g/mol. The minimum absolute atomic E-state index is 0.0414. The van der Waals surface area contributed by atoms with E-state index in [1.807, 2.05) is 24.3 Å². The van der Waals surface area contributed by atoms with E-state index in [-0.39, 0.29) is 12.2 Å². The van der Waals surface area contributed by atoms with Gasteiger partial charge in [0.2, 0.25) is 0 Å². The number of benzene rings is 2. The molecule has 2 aromatic carbocycles. The second-order valence-electron chi connectivity index (χ2n) is 11.2. The van der Waals surface area contributed by atoms with Gasteiger partial charge in [-0.25, -0.2) is 4.79 Å². The van der Waals surface area contributed by atoms with Gasteiger partial charge in [0.25, 0.3) is 0 Å². The summed E-state index contributed by atoms with van der Waals surface area (Å²) in [6.07, 6.45) is 2.73. The first-order chi connectivity index (χ1) is 23.8. The van der Waals surface area contributed by atoms with Gasteiger partial charge in [-0.1, -0.05) is 48.5 Å². The predicted molar refractivity (Wildman–Crippen MR) is 178 cm³/mol. The van der Waals surface area contributed by atoms with Crippen LogP contribution in [0, 0.1) is 0 Å². The Balaban J connectivity index is 0.826. The first-order valence-corrected chi connectivity index (χ1v) is 17.2. The number of fused-ring (bicyclic) bond motifs is 3. The molecule has 0 aromatic heterocycles. The second-order valence-corrected chi connectivity index (χ2v) is 11.2. The topological polar surface area (TPSA) is 121 Å². The molecule has 1 amide bonds. The summed E-state index contributed by atoms with van der Waals surface area (Å²) in [5.41, 5.74) is 4.78. The summed E-state index contributed by atoms with van der Waals surface area (Å²) in [7, 11) is 0. The first-order valence-electron chi connectivity index (χ1n) is 17.2. The number of hydrogen-bond donors (Lipinski definition) is 1. The number of carbonyl (C=O) groups excluding carboxylic acids is 1. The van der Waals surface area contributed by atoms with Crippen LogP contribution in [0.4, 0.5) is 4.79 Å². The molecule has 0 spiro atoms. The lowest BCUT2D eigenvalue weighted by molar-refractivity contribution is -0.169. The molecule has 1 aliphatic heterocycles. The highest BCUT2D eigenvalue weighted by atomic mass is 16.7. The number of nitrogens with one attached hydrogen (secondary N) is 1. The van der Waals surface area contributed by atoms with E-state index in [1.165, 1.54) is 22.3 Å². The third-order valence-electron chi connectivity index (χ3n) is 7.76. The lowest BCUT2D eigenvalue weighted by Gasteiger charge is -2.22. The predicted octanol–water partition coefficient (Wildman–Crippen LogP) is 4.18. The van der Waals surface area contributed by atoms with Crippen LogP contribution in [0.3, 0.4) is 0 Å². The zero-order valence-corrected chi connectivity index (χ0v) is 28.1. The van der Waals surface area contributed by atoms with E-state index in [0.717, 1.165) is 25.9 Å². The van der Waals surface area contributed by atoms with Crippen molar-refractivity contribution in [2.75, 3.05) is 119 Å². The number of hydrogen-bond acceptors (Lipinski definition) is 11. The van der Waals surface area contributed by atoms with E-state index in [1.54, 1.807) is 0 Å². The van der Waals surface area contributed by atoms with Crippen LogP contribution in [0.15, 0.2) is 48.5 Å². The van der Waals surface area contributed by atoms with E-state index in [0.29, 0.717) is 112 Å². The summed E-state index contributed by atoms with van der Waals surface area (Å²) in [5, 5.41) is 2.74. The highest BCUT2D eigenvalue weighted by Crippen LogP contribution is 2.44. The van der Waals surface area contributed by atoms with Gasteiger partial charge in [0.1, 0.15) is 6.61 Å². The third-order valence-corrected chi connectivity index (χ3v) is 7.76. The Morgan fingerprint density at radius 3 is 1.54 bits per heavy atom. The third kappa shape index (κ3) is 14.9. The lowest BCUT2D eigenvalue weighted by atomic mass is 9.98. The first kappa shape index (κ1) is 38.2. The van der Waals surface area contributed by atoms with Crippen LogP contribution >= 0.6 is 0 Å². The largest absolute Gasteiger partial charge is 0.449 e. The van der Waals surface area contributed by atoms with Crippen LogP contribution in [-0.4, -0.2) is 131 Å². The maximum Gasteiger partial charge on any atom is 0.407 e. The Hall–Kier alpha value is -2.65. The maximum absolute atomic E-state index is 12.2. The number of amides is 1. The molecule has 268 valence electrons. The minimum Gasteiger partial charge on any atom is -0.449 e. The van der Waals surface area contributed by atoms with E-state index in [4.69, 9.17) is 47.4 Å². The summed E-state index contributed by atoms with van der Waals surface area (Å²) in [6.45, 7) is 8.79. The number of rotatable bonds is 27. The molecule has 1 atom stereocenters. The smallest absolute Gasteiger partial charge is 0.407 e. The molecular weight excluding hydrogens is 622 g/mol. The van der Waals surface area contributed by atoms with Crippen molar-refractivity contribution in [1.29, 1.82) is 0 Å². The Morgan fingerprint density at radius 1 is 0.604 bits per heavy atom. The zero-order chi connectivity index (χ0) is 33.3. The molecule has 48 heavy (non-hydrogen) atoms. The number of alkyl carbamates (subject to hydrolysis) is 1. The lowest BCUT2D eigenvalue weighted by Crippen LogP contribution is -2.29. The SMILES string of the molecule is O=C(NCCOCCOCCOCCOCCOCCOCCOCCOC1CCCCO1)OCC1c2ccccc2-c2ccccc21. The van der Waals surface area contributed by atoms with Crippen molar-refractivity contribution in [3.8, 4) is 11.1 Å². The standard InChI is InChI=1S/C36H53NO11/c38-36(48-29-34-32-9-3-1-7-30(32)31-8-2-4-10-33(31)34)37-12-14-39-15-16-40-17-18-41-19-20-42-21-22-43-23-24-44-25-26-45-27-28-47-35-11-5-6-13-46-35/h1-4,7-10,34-35H,5-6,11-29H2,(H,37,38). The molecule has 1 unspecified atom stereocenters. The quantitative estimate of drug-likeness (QED) is 0.137. The molecule has 1 heterocycles. The van der Waals surface area contributed by atoms with Gasteiger partial charge >= 0.3 is 6.09 Å². The van der Waals surface area contributed by atoms with Gasteiger partial charge in [0.05, 0.1) is 99.1 Å². The second kappa shape index (κ2) is 24.5. The van der Waals surface area contributed by atoms with Gasteiger partial charge < -0.3 is 52.7 Å². The van der Waals surface area contributed by atoms with Crippen LogP contribution in [0.5, 0.6) is 0 Å². The molecular formula is C36H53NO11. The van der Waals surface area contributed by atoms with Crippen molar-refractivity contribution >= 4 is 6.09 Å². The normalized spacial score (nSPS) is 15.7. The molecule has 12 heteroatoms. The van der Waals surface area contributed by atoms with Crippen LogP contribution in [0.2, 0.25) is 0 Å². The molecule has 1 saturated heterocycles. The van der Waals surface area contributed by atoms with Gasteiger partial charge in [-0.05, 0) is 41.5 Å². The van der Waals surface area contributed by atoms with Gasteiger partial charge in [0, 0.05) is 19.1 Å². The van der Waals surface area contributed by atoms with Crippen molar-refractivity contribution < 1.29 is 52.2 Å². The molecule has 0 bridgehead atoms. The van der Waals surface area contributed by atoms with Gasteiger partial charge in [0.15, 0.2) is 6.29 Å². The highest BCUT2D eigenvalue weighted by Gasteiger charge is 2.29. The zero-order valence-electron chi connectivity index (χ0n) is 28.1. The molecule has 1 fully saturated rings. The van der Waals surface area contributed by atoms with Gasteiger partial charge in [-0.2, -0.15) is 0 Å². The Morgan fingerprint density at radius 2 is 1.06 bits per heavy atom. The number of ether oxygens (including phenoxy) is 10. The minimum atomic E-state index is -0.448. The summed E-state index contributed by atoms with van der Waals surface area (Å²) in [6, 6.07) is 16.5. The molecule has 0 radical (unpaired) electrons. The monoisotopic (exact) mass is 675 g/mol. The average Bonchev–Trinajstić information content (AvgIpc) is 3.44. The molecule has 1 N–H and O–H groups in total. The summed E-state index contributed by atoms with van der Waals surface area (Å²) >= 11 is 0. The maximum atomic E-state index is 12.2. The fraction of sp³-hybridized carbons (Fsp3) is 0.639. The molecule has 1 aliphatic carbocycles. The Labute approximate surface area is 284 Å². The molecule has 2 aliphatic rings. The molecule has 2 aromatic rings. The molecule has 0 saturated carbocycles. The molecule has 4 rings (SSSR count). The van der Waals surface area contributed by atoms with Crippen LogP contribution in [0.1, 0.15) is 36.3 Å². The molecule has 12 nitrogen and oxygen atoms in total. The van der Waals surface area contributed by atoms with E-state index in [2.05, 4.69) is 29.6 Å². The van der Waals surface area contributed by atoms with Gasteiger partial charge in [-0.3, -0.25) is 0 Å². The van der Waals surface area contributed by atoms with Crippen LogP contribution in [0.25, 0.3) is 11.1 Å². The van der Waals surface area contributed by atoms with E-state index < -0.39 is 6.09 Å². The van der Waals surface area contributed by atoms with Crippen molar-refractivity contribution in [2.45, 2.75) is 31.5 Å². The number of carbonyl (C=O) groups is 1. The Bertz CT molecular complexity index is 1090. The van der Waals surface area contributed by atoms with Crippen molar-refractivity contribution in [1.82, 2.24) is 5.32 Å². The fourth-order valence-corrected chi connectivity index (χ4v) is 5.38. The summed E-state index contributed by atoms with van der Waals surface area (Å²) in [5.74, 6) is 0.0414. The van der Waals surface area contributed by atoms with Crippen LogP contribution < -0.4 is 5.32 Å². The summed E-state index contributed by atoms with van der Waals surface area (Å²) in [4.78, 5) is 12.2. The summed E-state index contributed by atoms with van der Waals surface area (Å²) < 4.78 is 55.2. The highest BCUT2D eigenvalue weighted by molar-refractivity contribution is 5.79.